The van der Waals surface area contributed by atoms with Crippen molar-refractivity contribution in [1.82, 2.24) is 5.32 Å². The van der Waals surface area contributed by atoms with Crippen LogP contribution in [-0.2, 0) is 9.59 Å². The lowest BCUT2D eigenvalue weighted by molar-refractivity contribution is -0.143. The van der Waals surface area contributed by atoms with Crippen molar-refractivity contribution in [1.29, 1.82) is 0 Å². The third-order valence-electron chi connectivity index (χ3n) is 3.27. The van der Waals surface area contributed by atoms with Crippen molar-refractivity contribution in [3.05, 3.63) is 29.3 Å². The highest BCUT2D eigenvalue weighted by Crippen LogP contribution is 2.25. The summed E-state index contributed by atoms with van der Waals surface area (Å²) in [5.41, 5.74) is 0. The second kappa shape index (κ2) is 8.29. The lowest BCUT2D eigenvalue weighted by Gasteiger charge is -2.22. The zero-order valence-electron chi connectivity index (χ0n) is 12.3. The molecule has 1 aromatic rings. The fourth-order valence-electron chi connectivity index (χ4n) is 1.72. The first-order chi connectivity index (χ1) is 9.85. The number of halogens is 1. The summed E-state index contributed by atoms with van der Waals surface area (Å²) >= 11 is 7.18. The molecule has 3 atom stereocenters. The summed E-state index contributed by atoms with van der Waals surface area (Å²) in [4.78, 5) is 24.3. The summed E-state index contributed by atoms with van der Waals surface area (Å²) in [5.74, 6) is -1.39. The second-order valence-electron chi connectivity index (χ2n) is 4.92. The Morgan fingerprint density at radius 2 is 1.86 bits per heavy atom. The highest BCUT2D eigenvalue weighted by atomic mass is 35.5. The van der Waals surface area contributed by atoms with Crippen molar-refractivity contribution in [2.24, 2.45) is 5.92 Å². The molecule has 0 aromatic heterocycles. The van der Waals surface area contributed by atoms with Crippen LogP contribution in [0.2, 0.25) is 5.02 Å². The van der Waals surface area contributed by atoms with E-state index in [2.05, 4.69) is 5.32 Å². The fraction of sp³-hybridized carbons (Fsp3) is 0.467. The predicted molar refractivity (Wildman–Crippen MR) is 85.8 cm³/mol. The Hall–Kier alpha value is -1.20. The van der Waals surface area contributed by atoms with Gasteiger partial charge < -0.3 is 10.4 Å². The molecule has 0 spiro atoms. The van der Waals surface area contributed by atoms with Gasteiger partial charge in [0, 0.05) is 9.92 Å². The molecular weight excluding hydrogens is 310 g/mol. The van der Waals surface area contributed by atoms with Crippen LogP contribution in [0.25, 0.3) is 0 Å². The van der Waals surface area contributed by atoms with Gasteiger partial charge >= 0.3 is 5.97 Å². The molecule has 0 heterocycles. The molecule has 4 nitrogen and oxygen atoms in total. The molecule has 0 fully saturated rings. The van der Waals surface area contributed by atoms with Gasteiger partial charge in [0.05, 0.1) is 5.25 Å². The number of hydrogen-bond acceptors (Lipinski definition) is 3. The number of carbonyl (C=O) groups excluding carboxylic acids is 1. The molecule has 0 aliphatic heterocycles. The van der Waals surface area contributed by atoms with Crippen LogP contribution in [0, 0.1) is 5.92 Å². The third-order valence-corrected chi connectivity index (χ3v) is 4.64. The van der Waals surface area contributed by atoms with Crippen molar-refractivity contribution < 1.29 is 14.7 Å². The number of aliphatic carboxylic acids is 1. The Labute approximate surface area is 134 Å². The SMILES string of the molecule is CC[C@H](C)[C@H](NC(=O)C(C)Sc1ccc(Cl)cc1)C(=O)O. The van der Waals surface area contributed by atoms with E-state index in [1.54, 1.807) is 19.1 Å². The molecule has 0 aliphatic carbocycles. The van der Waals surface area contributed by atoms with Crippen LogP contribution in [0.3, 0.4) is 0 Å². The van der Waals surface area contributed by atoms with Crippen molar-refractivity contribution in [2.75, 3.05) is 0 Å². The Balaban J connectivity index is 2.64. The van der Waals surface area contributed by atoms with Gasteiger partial charge in [0.25, 0.3) is 0 Å². The number of amides is 1. The molecule has 1 rings (SSSR count). The number of hydrogen-bond donors (Lipinski definition) is 2. The van der Waals surface area contributed by atoms with E-state index in [1.807, 2.05) is 26.0 Å². The molecule has 0 bridgehead atoms. The van der Waals surface area contributed by atoms with Gasteiger partial charge in [-0.1, -0.05) is 31.9 Å². The monoisotopic (exact) mass is 329 g/mol. The normalized spacial score (nSPS) is 15.0. The van der Waals surface area contributed by atoms with Crippen LogP contribution in [0.15, 0.2) is 29.2 Å². The smallest absolute Gasteiger partial charge is 0.326 e. The summed E-state index contributed by atoms with van der Waals surface area (Å²) in [5, 5.41) is 12.1. The second-order valence-corrected chi connectivity index (χ2v) is 6.77. The van der Waals surface area contributed by atoms with Crippen LogP contribution in [0.1, 0.15) is 27.2 Å². The van der Waals surface area contributed by atoms with Crippen molar-refractivity contribution >= 4 is 35.2 Å². The van der Waals surface area contributed by atoms with E-state index in [1.165, 1.54) is 11.8 Å². The number of carbonyl (C=O) groups is 2. The van der Waals surface area contributed by atoms with Gasteiger partial charge in [-0.15, -0.1) is 11.8 Å². The zero-order valence-corrected chi connectivity index (χ0v) is 13.9. The summed E-state index contributed by atoms with van der Waals surface area (Å²) in [6.45, 7) is 5.47. The van der Waals surface area contributed by atoms with Crippen molar-refractivity contribution in [3.8, 4) is 0 Å². The largest absolute Gasteiger partial charge is 0.480 e. The first-order valence-electron chi connectivity index (χ1n) is 6.80. The van der Waals surface area contributed by atoms with Crippen LogP contribution >= 0.6 is 23.4 Å². The maximum absolute atomic E-state index is 12.1. The Bertz CT molecular complexity index is 492. The minimum atomic E-state index is -0.999. The van der Waals surface area contributed by atoms with E-state index in [9.17, 15) is 14.7 Å². The van der Waals surface area contributed by atoms with Gasteiger partial charge in [0.1, 0.15) is 6.04 Å². The van der Waals surface area contributed by atoms with Crippen LogP contribution in [-0.4, -0.2) is 28.3 Å². The molecule has 21 heavy (non-hydrogen) atoms. The third kappa shape index (κ3) is 5.59. The van der Waals surface area contributed by atoms with Gasteiger partial charge in [-0.05, 0) is 37.1 Å². The van der Waals surface area contributed by atoms with Crippen molar-refractivity contribution in [2.45, 2.75) is 43.4 Å². The van der Waals surface area contributed by atoms with Gasteiger partial charge in [0.15, 0.2) is 0 Å². The topological polar surface area (TPSA) is 66.4 Å². The molecule has 0 radical (unpaired) electrons. The number of carboxylic acids is 1. The predicted octanol–water partition coefficient (Wildman–Crippen LogP) is 3.44. The summed E-state index contributed by atoms with van der Waals surface area (Å²) < 4.78 is 0. The highest BCUT2D eigenvalue weighted by Gasteiger charge is 2.27. The highest BCUT2D eigenvalue weighted by molar-refractivity contribution is 8.00. The summed E-state index contributed by atoms with van der Waals surface area (Å²) in [7, 11) is 0. The van der Waals surface area contributed by atoms with Gasteiger partial charge in [-0.2, -0.15) is 0 Å². The molecule has 1 aromatic carbocycles. The standard InChI is InChI=1S/C15H20ClNO3S/c1-4-9(2)13(15(19)20)17-14(18)10(3)21-12-7-5-11(16)6-8-12/h5-10,13H,4H2,1-3H3,(H,17,18)(H,19,20)/t9-,10?,13-/m0/s1. The molecule has 1 amide bonds. The molecule has 6 heteroatoms. The van der Waals surface area contributed by atoms with E-state index in [0.717, 1.165) is 4.90 Å². The number of thioether (sulfide) groups is 1. The van der Waals surface area contributed by atoms with Gasteiger partial charge in [-0.25, -0.2) is 4.79 Å². The maximum atomic E-state index is 12.1. The van der Waals surface area contributed by atoms with E-state index in [0.29, 0.717) is 11.4 Å². The van der Waals surface area contributed by atoms with E-state index in [4.69, 9.17) is 11.6 Å². The molecular formula is C15H20ClNO3S. The molecule has 0 aliphatic rings. The van der Waals surface area contributed by atoms with Gasteiger partial charge in [-0.3, -0.25) is 4.79 Å². The van der Waals surface area contributed by atoms with Crippen LogP contribution in [0.4, 0.5) is 0 Å². The minimum Gasteiger partial charge on any atom is -0.480 e. The Kier molecular flexibility index (Phi) is 7.05. The lowest BCUT2D eigenvalue weighted by atomic mass is 9.99. The number of carboxylic acid groups (broad SMARTS) is 1. The molecule has 116 valence electrons. The zero-order chi connectivity index (χ0) is 16.0. The average Bonchev–Trinajstić information content (AvgIpc) is 2.45. The molecule has 1 unspecified atom stereocenters. The van der Waals surface area contributed by atoms with Crippen molar-refractivity contribution in [3.63, 3.8) is 0 Å². The van der Waals surface area contributed by atoms with Crippen LogP contribution in [0.5, 0.6) is 0 Å². The minimum absolute atomic E-state index is 0.112. The molecule has 0 saturated heterocycles. The lowest BCUT2D eigenvalue weighted by Crippen LogP contribution is -2.47. The fourth-order valence-corrected chi connectivity index (χ4v) is 2.73. The van der Waals surface area contributed by atoms with Crippen LogP contribution < -0.4 is 5.32 Å². The number of rotatable bonds is 7. The summed E-state index contributed by atoms with van der Waals surface area (Å²) in [6, 6.07) is 6.33. The van der Waals surface area contributed by atoms with Gasteiger partial charge in [0.2, 0.25) is 5.91 Å². The first kappa shape index (κ1) is 17.9. The average molecular weight is 330 g/mol. The first-order valence-corrected chi connectivity index (χ1v) is 8.06. The number of benzene rings is 1. The Morgan fingerprint density at radius 1 is 1.29 bits per heavy atom. The summed E-state index contributed by atoms with van der Waals surface area (Å²) in [6.07, 6.45) is 0.690. The van der Waals surface area contributed by atoms with E-state index in [-0.39, 0.29) is 17.1 Å². The molecule has 0 saturated carbocycles. The van der Waals surface area contributed by atoms with E-state index >= 15 is 0 Å². The molecule has 2 N–H and O–H groups in total. The number of nitrogens with one attached hydrogen (secondary N) is 1. The van der Waals surface area contributed by atoms with E-state index < -0.39 is 12.0 Å². The quantitative estimate of drug-likeness (QED) is 0.752. The Morgan fingerprint density at radius 3 is 2.33 bits per heavy atom. The maximum Gasteiger partial charge on any atom is 0.326 e.